The van der Waals surface area contributed by atoms with Crippen LogP contribution in [-0.4, -0.2) is 222 Å². The van der Waals surface area contributed by atoms with Crippen molar-refractivity contribution in [3.63, 3.8) is 0 Å². The molecular formula is C52H80N6O17. The highest BCUT2D eigenvalue weighted by Crippen LogP contribution is 2.29. The molecule has 0 spiro atoms. The van der Waals surface area contributed by atoms with Crippen LogP contribution in [0.25, 0.3) is 6.08 Å². The first-order valence-corrected chi connectivity index (χ1v) is 25.9. The lowest BCUT2D eigenvalue weighted by Crippen LogP contribution is -2.45. The van der Waals surface area contributed by atoms with Gasteiger partial charge in [-0.25, -0.2) is 14.9 Å². The number of ether oxygens (including phenoxy) is 11. The highest BCUT2D eigenvalue weighted by Gasteiger charge is 2.27. The lowest BCUT2D eigenvalue weighted by atomic mass is 10.0. The van der Waals surface area contributed by atoms with E-state index in [1.807, 2.05) is 42.2 Å². The molecule has 4 rings (SSSR count). The summed E-state index contributed by atoms with van der Waals surface area (Å²) >= 11 is 0. The van der Waals surface area contributed by atoms with Crippen LogP contribution in [0.5, 0.6) is 0 Å². The highest BCUT2D eigenvalue weighted by molar-refractivity contribution is 6.05. The molecule has 420 valence electrons. The van der Waals surface area contributed by atoms with Gasteiger partial charge in [-0.05, 0) is 49.6 Å². The number of alkyl carbamates (subject to hydrolysis) is 1. The zero-order chi connectivity index (χ0) is 53.4. The summed E-state index contributed by atoms with van der Waals surface area (Å²) < 4.78 is 59.4. The molecule has 23 heteroatoms. The summed E-state index contributed by atoms with van der Waals surface area (Å²) in [4.78, 5) is 62.2. The number of aliphatic carboxylic acids is 1. The van der Waals surface area contributed by atoms with E-state index in [1.54, 1.807) is 24.3 Å². The molecule has 2 heterocycles. The number of amides is 3. The Bertz CT molecular complexity index is 1960. The van der Waals surface area contributed by atoms with Gasteiger partial charge in [0.15, 0.2) is 0 Å². The van der Waals surface area contributed by atoms with Crippen LogP contribution in [0, 0.1) is 0 Å². The average Bonchev–Trinajstić information content (AvgIpc) is 3.58. The number of likely N-dealkylation sites (tertiary alicyclic amines) is 1. The highest BCUT2D eigenvalue weighted by atomic mass is 16.7. The number of anilines is 1. The first-order chi connectivity index (χ1) is 36.7. The van der Waals surface area contributed by atoms with E-state index < -0.39 is 12.1 Å². The lowest BCUT2D eigenvalue weighted by molar-refractivity contribution is -0.181. The van der Waals surface area contributed by atoms with Crippen molar-refractivity contribution >= 4 is 47.2 Å². The maximum absolute atomic E-state index is 13.7. The summed E-state index contributed by atoms with van der Waals surface area (Å²) in [6, 6.07) is 15.4. The van der Waals surface area contributed by atoms with Crippen LogP contribution in [0.2, 0.25) is 0 Å². The van der Waals surface area contributed by atoms with Crippen molar-refractivity contribution in [2.24, 2.45) is 10.7 Å². The molecule has 0 aliphatic carbocycles. The first kappa shape index (κ1) is 62.2. The number of nitrogens with one attached hydrogen (secondary N) is 2. The maximum Gasteiger partial charge on any atom is 0.407 e. The molecule has 0 bridgehead atoms. The zero-order valence-corrected chi connectivity index (χ0v) is 43.6. The number of aliphatic imine (C=N–C) groups is 1. The normalized spacial score (nSPS) is 14.4. The Kier molecular flexibility index (Phi) is 33.2. The number of hydrogen-bond donors (Lipinski definition) is 4. The largest absolute Gasteiger partial charge is 0.481 e. The van der Waals surface area contributed by atoms with Crippen molar-refractivity contribution < 1.29 is 81.2 Å². The number of carbonyl (C=O) groups is 4. The number of carboxylic acid groups (broad SMARTS) is 1. The van der Waals surface area contributed by atoms with Crippen LogP contribution in [0.4, 0.5) is 16.2 Å². The third kappa shape index (κ3) is 28.4. The van der Waals surface area contributed by atoms with E-state index in [0.29, 0.717) is 167 Å². The molecular weight excluding hydrogens is 981 g/mol. The van der Waals surface area contributed by atoms with Crippen LogP contribution in [-0.2, 0) is 66.5 Å². The minimum atomic E-state index is -0.886. The van der Waals surface area contributed by atoms with E-state index in [-0.39, 0.29) is 69.5 Å². The number of rotatable bonds is 43. The lowest BCUT2D eigenvalue weighted by Gasteiger charge is -2.34. The third-order valence-corrected chi connectivity index (χ3v) is 10.9. The number of nitrogens with two attached hydrogens (primary N) is 1. The Morgan fingerprint density at radius 3 is 1.73 bits per heavy atom. The Morgan fingerprint density at radius 1 is 0.693 bits per heavy atom. The summed E-state index contributed by atoms with van der Waals surface area (Å²) in [7, 11) is 0. The fourth-order valence-corrected chi connectivity index (χ4v) is 7.28. The first-order valence-electron chi connectivity index (χ1n) is 25.9. The topological polar surface area (TPSA) is 268 Å². The Balaban J connectivity index is 0.920. The fraction of sp³-hybridized carbons (Fsp3) is 0.635. The molecule has 0 radical (unpaired) electrons. The van der Waals surface area contributed by atoms with Gasteiger partial charge in [0.2, 0.25) is 0 Å². The summed E-state index contributed by atoms with van der Waals surface area (Å²) in [6.07, 6.45) is 3.66. The van der Waals surface area contributed by atoms with Crippen LogP contribution in [0.15, 0.2) is 59.1 Å². The molecule has 0 unspecified atom stereocenters. The number of para-hydroxylation sites is 1. The number of hydroxylamine groups is 2. The average molecular weight is 1060 g/mol. The Morgan fingerprint density at radius 2 is 1.21 bits per heavy atom. The second kappa shape index (κ2) is 40.0. The van der Waals surface area contributed by atoms with Crippen LogP contribution < -0.4 is 16.4 Å². The number of piperidine rings is 1. The minimum absolute atomic E-state index is 0.0173. The molecule has 2 aromatic carbocycles. The molecule has 23 nitrogen and oxygen atoms in total. The number of hydrogen-bond acceptors (Lipinski definition) is 19. The van der Waals surface area contributed by atoms with E-state index in [2.05, 4.69) is 15.6 Å². The van der Waals surface area contributed by atoms with Crippen molar-refractivity contribution in [2.75, 3.05) is 177 Å². The number of benzene rings is 2. The molecule has 0 aromatic heterocycles. The molecule has 2 aliphatic rings. The molecule has 1 fully saturated rings. The van der Waals surface area contributed by atoms with E-state index in [0.717, 1.165) is 18.5 Å². The van der Waals surface area contributed by atoms with Crippen LogP contribution >= 0.6 is 0 Å². The Hall–Kier alpha value is -5.31. The molecule has 5 N–H and O–H groups in total. The van der Waals surface area contributed by atoms with Gasteiger partial charge in [-0.2, -0.15) is 0 Å². The summed E-state index contributed by atoms with van der Waals surface area (Å²) in [6.45, 7) is 11.5. The van der Waals surface area contributed by atoms with Crippen molar-refractivity contribution in [2.45, 2.75) is 45.1 Å². The number of carboxylic acids is 1. The zero-order valence-electron chi connectivity index (χ0n) is 43.6. The summed E-state index contributed by atoms with van der Waals surface area (Å²) in [5.74, 6) is -1.10. The predicted molar refractivity (Wildman–Crippen MR) is 277 cm³/mol. The van der Waals surface area contributed by atoms with Gasteiger partial charge in [-0.15, -0.1) is 0 Å². The number of nitrogens with zero attached hydrogens (tertiary/aromatic N) is 3. The van der Waals surface area contributed by atoms with Gasteiger partial charge in [0.25, 0.3) is 11.8 Å². The molecule has 2 aromatic rings. The van der Waals surface area contributed by atoms with Gasteiger partial charge in [0.1, 0.15) is 12.4 Å². The van der Waals surface area contributed by atoms with Crippen LogP contribution in [0.3, 0.4) is 0 Å². The van der Waals surface area contributed by atoms with Crippen molar-refractivity contribution in [3.05, 3.63) is 65.2 Å². The van der Waals surface area contributed by atoms with Crippen molar-refractivity contribution in [3.8, 4) is 0 Å². The van der Waals surface area contributed by atoms with Crippen molar-refractivity contribution in [1.29, 1.82) is 0 Å². The van der Waals surface area contributed by atoms with Gasteiger partial charge < -0.3 is 78.5 Å². The fourth-order valence-electron chi connectivity index (χ4n) is 7.28. The second-order valence-electron chi connectivity index (χ2n) is 16.9. The molecule has 3 amide bonds. The quantitative estimate of drug-likeness (QED) is 0.0545. The van der Waals surface area contributed by atoms with Gasteiger partial charge in [0, 0.05) is 61.0 Å². The summed E-state index contributed by atoms with van der Waals surface area (Å²) in [5.41, 5.74) is 9.40. The van der Waals surface area contributed by atoms with Crippen molar-refractivity contribution in [1.82, 2.24) is 15.3 Å². The summed E-state index contributed by atoms with van der Waals surface area (Å²) in [5, 5.41) is 15.9. The number of amidine groups is 1. The predicted octanol–water partition coefficient (Wildman–Crippen LogP) is 3.72. The monoisotopic (exact) mass is 1060 g/mol. The molecule has 0 saturated carbocycles. The Labute approximate surface area is 440 Å². The third-order valence-electron chi connectivity index (χ3n) is 10.9. The number of carbonyl (C=O) groups excluding carboxylic acids is 3. The molecule has 1 atom stereocenters. The molecule has 75 heavy (non-hydrogen) atoms. The van der Waals surface area contributed by atoms with E-state index in [4.69, 9.17) is 67.8 Å². The minimum Gasteiger partial charge on any atom is -0.481 e. The van der Waals surface area contributed by atoms with E-state index in [9.17, 15) is 19.2 Å². The van der Waals surface area contributed by atoms with Gasteiger partial charge >= 0.3 is 12.1 Å². The van der Waals surface area contributed by atoms with E-state index in [1.165, 1.54) is 5.06 Å². The SMILES string of the molecule is CCCN(OCCNC(=O)OCCOCCOCCOCCOCCOCCOCCOCCOCCOCCOCCC(=O)O)C(=O)C1=Cc2ccc(C(=O)N3CCC[C@@H](Nc4ccccc4)C3)cc2N=C(N)C1. The van der Waals surface area contributed by atoms with E-state index >= 15 is 0 Å². The van der Waals surface area contributed by atoms with Gasteiger partial charge in [-0.1, -0.05) is 31.2 Å². The smallest absolute Gasteiger partial charge is 0.407 e. The number of fused-ring (bicyclic) bond motifs is 1. The molecule has 2 aliphatic heterocycles. The van der Waals surface area contributed by atoms with Gasteiger partial charge in [0.05, 0.1) is 151 Å². The molecule has 1 saturated heterocycles. The van der Waals surface area contributed by atoms with Crippen LogP contribution in [0.1, 0.15) is 54.9 Å². The second-order valence-corrected chi connectivity index (χ2v) is 16.9. The van der Waals surface area contributed by atoms with Gasteiger partial charge in [-0.3, -0.25) is 19.2 Å². The standard InChI is InChI=1S/C52H80N6O17/c1-2-14-58(51(62)44-38-42-10-11-43(39-47(42)56-48(53)40-44)50(61)57-15-6-9-46(41-57)55-45-7-4-3-5-8-45)75-17-13-54-52(63)74-37-36-73-35-34-72-33-32-71-31-30-70-29-28-69-27-26-68-25-24-67-23-22-66-21-20-65-19-18-64-16-12-49(59)60/h3-5,7-8,10-11,38-39,46,55H,2,6,9,12-37,40-41H2,1H3,(H2,53,56)(H,54,63)(H,59,60)/t46-/m1/s1. The maximum atomic E-state index is 13.7.